The van der Waals surface area contributed by atoms with E-state index in [0.717, 1.165) is 38.5 Å². The lowest BCUT2D eigenvalue weighted by Gasteiger charge is -2.62. The van der Waals surface area contributed by atoms with E-state index in [9.17, 15) is 23.4 Å². The summed E-state index contributed by atoms with van der Waals surface area (Å²) in [5.41, 5.74) is -1.55. The number of hydrogen-bond donors (Lipinski definition) is 2. The minimum absolute atomic E-state index is 0.00397. The highest BCUT2D eigenvalue weighted by Gasteiger charge is 2.73. The van der Waals surface area contributed by atoms with Crippen molar-refractivity contribution in [2.45, 2.75) is 159 Å². The lowest BCUT2D eigenvalue weighted by molar-refractivity contribution is -0.585. The SMILES string of the molecule is C[C@@H]1CC[C@H]2C(CN(CCCCO[C@@]3(C)O[C@@H]4O[C@]5(C)CCC6[C@H](C)CC[C@@H]([C@H]3C)[C@]64OO5)CC(O)CO)=C(C(F)(F)F)O[C@@H]3O[C@@]4(C)CCC1[C@]32O4. The molecule has 15 atom stereocenters. The topological polar surface area (TPSA) is 118 Å². The van der Waals surface area contributed by atoms with E-state index in [2.05, 4.69) is 20.8 Å². The fourth-order valence-electron chi connectivity index (χ4n) is 12.0. The molecule has 2 N–H and O–H groups in total. The number of unbranched alkanes of at least 4 members (excludes halogenated alkanes) is 1. The molecule has 9 aliphatic rings. The summed E-state index contributed by atoms with van der Waals surface area (Å²) in [6, 6.07) is 0. The molecule has 6 saturated heterocycles. The van der Waals surface area contributed by atoms with Crippen LogP contribution in [0.15, 0.2) is 11.3 Å². The number of hydrogen-bond acceptors (Lipinski definition) is 11. The first-order chi connectivity index (χ1) is 25.0. The van der Waals surface area contributed by atoms with Gasteiger partial charge < -0.3 is 38.6 Å². The van der Waals surface area contributed by atoms with Crippen molar-refractivity contribution in [1.29, 1.82) is 0 Å². The molecule has 0 aromatic rings. The zero-order valence-corrected chi connectivity index (χ0v) is 32.1. The molecule has 0 radical (unpaired) electrons. The molecular formula is C39H60F3NO10. The monoisotopic (exact) mass is 759 g/mol. The van der Waals surface area contributed by atoms with E-state index in [-0.39, 0.29) is 48.3 Å². The van der Waals surface area contributed by atoms with Crippen LogP contribution in [0, 0.1) is 41.4 Å². The Morgan fingerprint density at radius 3 is 2.23 bits per heavy atom. The van der Waals surface area contributed by atoms with Crippen molar-refractivity contribution in [1.82, 2.24) is 4.90 Å². The zero-order valence-electron chi connectivity index (χ0n) is 32.1. The van der Waals surface area contributed by atoms with Crippen LogP contribution in [0.2, 0.25) is 0 Å². The third-order valence-electron chi connectivity index (χ3n) is 14.8. The maximum Gasteiger partial charge on any atom is 0.449 e. The Kier molecular flexibility index (Phi) is 9.89. The molecule has 7 heterocycles. The minimum atomic E-state index is -4.73. The standard InChI is InChI=1S/C39H60F3NO10/c1-22-10-12-30-26(31(39(40,41)42)47-32-37(30)27(22)13-15-34(4,48-32)51-37)20-43(19-25(45)21-44)17-7-8-18-46-36(6)24(3)29-11-9-23(2)28-14-16-35(5)49-33(50-36)38(28,29)53-52-35/h22-25,27-30,32-33,44-45H,7-21H2,1-6H3/t22-,23-,24-,25?,27?,28?,29+,30+,32-,33+,34-,35+,36+,37-,38-/m1/s1. The summed E-state index contributed by atoms with van der Waals surface area (Å²) in [6.07, 6.45) is -0.0539. The summed E-state index contributed by atoms with van der Waals surface area (Å²) >= 11 is 0. The van der Waals surface area contributed by atoms with E-state index < -0.39 is 71.7 Å². The number of allylic oxidation sites excluding steroid dienone is 1. The smallest absolute Gasteiger partial charge is 0.449 e. The van der Waals surface area contributed by atoms with Crippen LogP contribution in [0.1, 0.15) is 106 Å². The molecule has 8 fully saturated rings. The molecule has 2 aliphatic carbocycles. The zero-order chi connectivity index (χ0) is 37.8. The van der Waals surface area contributed by atoms with Gasteiger partial charge in [-0.25, -0.2) is 9.78 Å². The van der Waals surface area contributed by atoms with E-state index in [1.807, 2.05) is 13.8 Å². The van der Waals surface area contributed by atoms with E-state index in [1.165, 1.54) is 0 Å². The summed E-state index contributed by atoms with van der Waals surface area (Å²) in [6.45, 7) is 12.4. The molecule has 11 nitrogen and oxygen atoms in total. The van der Waals surface area contributed by atoms with Crippen LogP contribution in [0.4, 0.5) is 13.2 Å². The second-order valence-electron chi connectivity index (χ2n) is 18.2. The second-order valence-corrected chi connectivity index (χ2v) is 18.2. The number of halogens is 3. The summed E-state index contributed by atoms with van der Waals surface area (Å²) in [7, 11) is 0. The molecule has 302 valence electrons. The van der Waals surface area contributed by atoms with E-state index in [4.69, 9.17) is 38.2 Å². The predicted molar refractivity (Wildman–Crippen MR) is 182 cm³/mol. The van der Waals surface area contributed by atoms with Crippen LogP contribution < -0.4 is 0 Å². The van der Waals surface area contributed by atoms with E-state index >= 15 is 0 Å². The maximum atomic E-state index is 14.8. The average Bonchev–Trinajstić information content (AvgIpc) is 3.16. The van der Waals surface area contributed by atoms with Crippen LogP contribution >= 0.6 is 0 Å². The molecule has 7 aliphatic heterocycles. The second kappa shape index (κ2) is 13.5. The Morgan fingerprint density at radius 1 is 0.830 bits per heavy atom. The number of ether oxygens (including phenoxy) is 6. The Labute approximate surface area is 311 Å². The summed E-state index contributed by atoms with van der Waals surface area (Å²) < 4.78 is 82.9. The van der Waals surface area contributed by atoms with Gasteiger partial charge in [-0.1, -0.05) is 20.8 Å². The summed E-state index contributed by atoms with van der Waals surface area (Å²) in [5.74, 6) is -3.36. The molecular weight excluding hydrogens is 699 g/mol. The van der Waals surface area contributed by atoms with Crippen LogP contribution in [0.3, 0.4) is 0 Å². The van der Waals surface area contributed by atoms with Gasteiger partial charge in [0.1, 0.15) is 5.60 Å². The maximum absolute atomic E-state index is 14.8. The van der Waals surface area contributed by atoms with Crippen molar-refractivity contribution < 1.29 is 61.6 Å². The normalized spacial score (nSPS) is 49.3. The number of rotatable bonds is 11. The minimum Gasteiger partial charge on any atom is -0.456 e. The number of aliphatic hydroxyl groups is 2. The van der Waals surface area contributed by atoms with Crippen molar-refractivity contribution in [3.63, 3.8) is 0 Å². The highest BCUT2D eigenvalue weighted by molar-refractivity contribution is 5.30. The Bertz CT molecular complexity index is 1420. The lowest BCUT2D eigenvalue weighted by atomic mass is 9.57. The van der Waals surface area contributed by atoms with Crippen molar-refractivity contribution in [2.75, 3.05) is 32.8 Å². The van der Waals surface area contributed by atoms with E-state index in [1.54, 1.807) is 11.8 Å². The number of fused-ring (bicyclic) bond motifs is 3. The van der Waals surface area contributed by atoms with Gasteiger partial charge in [0, 0.05) is 43.7 Å². The van der Waals surface area contributed by atoms with Crippen molar-refractivity contribution in [3.05, 3.63) is 11.3 Å². The third kappa shape index (κ3) is 6.23. The van der Waals surface area contributed by atoms with Crippen molar-refractivity contribution in [3.8, 4) is 0 Å². The van der Waals surface area contributed by atoms with Gasteiger partial charge in [0.15, 0.2) is 23.5 Å². The number of aliphatic hydroxyl groups excluding tert-OH is 2. The highest BCUT2D eigenvalue weighted by Crippen LogP contribution is 2.65. The largest absolute Gasteiger partial charge is 0.456 e. The third-order valence-corrected chi connectivity index (χ3v) is 14.8. The van der Waals surface area contributed by atoms with Crippen molar-refractivity contribution in [2.24, 2.45) is 41.4 Å². The first-order valence-corrected chi connectivity index (χ1v) is 20.2. The Morgan fingerprint density at radius 2 is 1.51 bits per heavy atom. The Balaban J connectivity index is 0.964. The van der Waals surface area contributed by atoms with Gasteiger partial charge in [-0.15, -0.1) is 0 Å². The summed E-state index contributed by atoms with van der Waals surface area (Å²) in [5, 5.41) is 20.3. The van der Waals surface area contributed by atoms with Crippen LogP contribution in [0.25, 0.3) is 0 Å². The summed E-state index contributed by atoms with van der Waals surface area (Å²) in [4.78, 5) is 14.0. The quantitative estimate of drug-likeness (QED) is 0.186. The average molecular weight is 760 g/mol. The molecule has 0 aromatic carbocycles. The van der Waals surface area contributed by atoms with Gasteiger partial charge in [-0.05, 0) is 108 Å². The molecule has 4 bridgehead atoms. The fraction of sp³-hybridized carbons (Fsp3) is 0.949. The molecule has 2 spiro atoms. The predicted octanol–water partition coefficient (Wildman–Crippen LogP) is 6.17. The van der Waals surface area contributed by atoms with Gasteiger partial charge in [0.25, 0.3) is 0 Å². The van der Waals surface area contributed by atoms with Crippen molar-refractivity contribution >= 4 is 0 Å². The molecule has 2 saturated carbocycles. The number of alkyl halides is 3. The molecule has 14 heteroatoms. The first kappa shape index (κ1) is 38.8. The van der Waals surface area contributed by atoms with Gasteiger partial charge in [-0.3, -0.25) is 4.90 Å². The molecule has 53 heavy (non-hydrogen) atoms. The fourth-order valence-corrected chi connectivity index (χ4v) is 12.0. The van der Waals surface area contributed by atoms with Crippen LogP contribution in [0.5, 0.6) is 0 Å². The number of nitrogens with zero attached hydrogens (tertiary/aromatic N) is 1. The molecule has 9 rings (SSSR count). The van der Waals surface area contributed by atoms with Gasteiger partial charge >= 0.3 is 6.18 Å². The molecule has 3 unspecified atom stereocenters. The van der Waals surface area contributed by atoms with E-state index in [0.29, 0.717) is 44.8 Å². The molecule has 0 aromatic heterocycles. The highest BCUT2D eigenvalue weighted by atomic mass is 19.4. The van der Waals surface area contributed by atoms with Gasteiger partial charge in [0.2, 0.25) is 17.8 Å². The van der Waals surface area contributed by atoms with Gasteiger partial charge in [-0.2, -0.15) is 13.2 Å². The first-order valence-electron chi connectivity index (χ1n) is 20.2. The van der Waals surface area contributed by atoms with Crippen LogP contribution in [-0.2, 0) is 38.2 Å². The Hall–Kier alpha value is -1.07. The lowest BCUT2D eigenvalue weighted by Crippen LogP contribution is -2.72. The van der Waals surface area contributed by atoms with Gasteiger partial charge in [0.05, 0.1) is 19.3 Å². The molecule has 0 amide bonds. The van der Waals surface area contributed by atoms with Crippen LogP contribution in [-0.4, -0.2) is 101 Å².